The highest BCUT2D eigenvalue weighted by molar-refractivity contribution is 6.05. The highest BCUT2D eigenvalue weighted by atomic mass is 16.5. The second kappa shape index (κ2) is 5.12. The lowest BCUT2D eigenvalue weighted by atomic mass is 9.92. The van der Waals surface area contributed by atoms with Crippen LogP contribution >= 0.6 is 0 Å². The van der Waals surface area contributed by atoms with Crippen molar-refractivity contribution in [1.29, 1.82) is 0 Å². The molecule has 0 unspecified atom stereocenters. The van der Waals surface area contributed by atoms with Gasteiger partial charge in [-0.2, -0.15) is 0 Å². The molecule has 1 rings (SSSR count). The van der Waals surface area contributed by atoms with Crippen LogP contribution < -0.4 is 0 Å². The van der Waals surface area contributed by atoms with Crippen molar-refractivity contribution in [3.63, 3.8) is 0 Å². The average Bonchev–Trinajstić information content (AvgIpc) is 2.40. The molecule has 0 aromatic heterocycles. The molecule has 1 fully saturated rings. The summed E-state index contributed by atoms with van der Waals surface area (Å²) in [5, 5.41) is 0. The van der Waals surface area contributed by atoms with Crippen LogP contribution in [0, 0.1) is 5.41 Å². The molecule has 5 nitrogen and oxygen atoms in total. The van der Waals surface area contributed by atoms with Gasteiger partial charge in [0.2, 0.25) is 11.8 Å². The van der Waals surface area contributed by atoms with Gasteiger partial charge in [0, 0.05) is 19.0 Å². The minimum Gasteiger partial charge on any atom is -0.463 e. The Balaban J connectivity index is 2.56. The van der Waals surface area contributed by atoms with Gasteiger partial charge in [0.15, 0.2) is 0 Å². The lowest BCUT2D eigenvalue weighted by molar-refractivity contribution is -0.141. The van der Waals surface area contributed by atoms with E-state index in [0.717, 1.165) is 4.90 Å². The minimum atomic E-state index is -0.630. The third kappa shape index (κ3) is 3.15. The van der Waals surface area contributed by atoms with Crippen molar-refractivity contribution in [2.75, 3.05) is 13.2 Å². The van der Waals surface area contributed by atoms with E-state index in [2.05, 4.69) is 4.74 Å². The fraction of sp³-hybridized carbons (Fsp3) is 0.583. The Labute approximate surface area is 100 Å². The number of imide groups is 1. The summed E-state index contributed by atoms with van der Waals surface area (Å²) in [6, 6.07) is 0. The molecule has 5 heteroatoms. The van der Waals surface area contributed by atoms with Gasteiger partial charge in [-0.05, 0) is 6.92 Å². The van der Waals surface area contributed by atoms with Crippen molar-refractivity contribution < 1.29 is 19.1 Å². The molecule has 1 aliphatic heterocycles. The van der Waals surface area contributed by atoms with Crippen molar-refractivity contribution in [3.05, 3.63) is 12.2 Å². The Morgan fingerprint density at radius 3 is 2.59 bits per heavy atom. The van der Waals surface area contributed by atoms with E-state index in [9.17, 15) is 14.4 Å². The number of ether oxygens (including phenoxy) is 1. The second-order valence-electron chi connectivity index (χ2n) is 4.52. The van der Waals surface area contributed by atoms with E-state index in [0.29, 0.717) is 6.61 Å². The number of rotatable bonds is 4. The molecule has 1 heterocycles. The van der Waals surface area contributed by atoms with E-state index in [4.69, 9.17) is 0 Å². The van der Waals surface area contributed by atoms with E-state index in [1.807, 2.05) is 0 Å². The molecule has 0 aromatic carbocycles. The Morgan fingerprint density at radius 2 is 2.12 bits per heavy atom. The van der Waals surface area contributed by atoms with Crippen LogP contribution in [0.1, 0.15) is 27.2 Å². The van der Waals surface area contributed by atoms with Crippen molar-refractivity contribution in [3.8, 4) is 0 Å². The number of hydrogen-bond acceptors (Lipinski definition) is 4. The maximum atomic E-state index is 11.8. The van der Waals surface area contributed by atoms with Crippen LogP contribution in [0.5, 0.6) is 0 Å². The van der Waals surface area contributed by atoms with Crippen LogP contribution in [0.3, 0.4) is 0 Å². The van der Waals surface area contributed by atoms with Crippen LogP contribution in [-0.4, -0.2) is 35.8 Å². The van der Waals surface area contributed by atoms with Crippen LogP contribution in [0.15, 0.2) is 12.2 Å². The monoisotopic (exact) mass is 239 g/mol. The van der Waals surface area contributed by atoms with Gasteiger partial charge in [0.1, 0.15) is 0 Å². The summed E-state index contributed by atoms with van der Waals surface area (Å²) in [7, 11) is 0. The number of esters is 1. The first-order chi connectivity index (χ1) is 7.88. The lowest BCUT2D eigenvalue weighted by Gasteiger charge is -2.15. The van der Waals surface area contributed by atoms with Crippen LogP contribution in [-0.2, 0) is 19.1 Å². The van der Waals surface area contributed by atoms with Crippen molar-refractivity contribution in [1.82, 2.24) is 4.90 Å². The number of hydrogen-bond donors (Lipinski definition) is 0. The summed E-state index contributed by atoms with van der Waals surface area (Å²) >= 11 is 0. The van der Waals surface area contributed by atoms with E-state index < -0.39 is 11.4 Å². The van der Waals surface area contributed by atoms with Crippen LogP contribution in [0.4, 0.5) is 0 Å². The highest BCUT2D eigenvalue weighted by Gasteiger charge is 2.43. The standard InChI is InChI=1S/C12H17NO4/c1-4-17-10(15)6-5-7-13-9(14)8-12(2,3)11(13)16/h5-6H,4,7-8H2,1-3H3/b6-5+. The highest BCUT2D eigenvalue weighted by Crippen LogP contribution is 2.31. The normalized spacial score (nSPS) is 19.1. The Kier molecular flexibility index (Phi) is 4.04. The fourth-order valence-corrected chi connectivity index (χ4v) is 1.66. The summed E-state index contributed by atoms with van der Waals surface area (Å²) in [6.07, 6.45) is 2.92. The number of amides is 2. The zero-order chi connectivity index (χ0) is 13.1. The summed E-state index contributed by atoms with van der Waals surface area (Å²) in [6.45, 7) is 5.62. The SMILES string of the molecule is CCOC(=O)/C=C/CN1C(=O)CC(C)(C)C1=O. The van der Waals surface area contributed by atoms with Gasteiger partial charge in [-0.15, -0.1) is 0 Å². The van der Waals surface area contributed by atoms with Crippen molar-refractivity contribution >= 4 is 17.8 Å². The Hall–Kier alpha value is -1.65. The van der Waals surface area contributed by atoms with Crippen LogP contribution in [0.25, 0.3) is 0 Å². The van der Waals surface area contributed by atoms with E-state index in [-0.39, 0.29) is 24.8 Å². The molecular formula is C12H17NO4. The molecule has 0 aliphatic carbocycles. The maximum Gasteiger partial charge on any atom is 0.330 e. The number of likely N-dealkylation sites (tertiary alicyclic amines) is 1. The average molecular weight is 239 g/mol. The maximum absolute atomic E-state index is 11.8. The molecule has 17 heavy (non-hydrogen) atoms. The van der Waals surface area contributed by atoms with E-state index >= 15 is 0 Å². The number of carbonyl (C=O) groups is 3. The largest absolute Gasteiger partial charge is 0.463 e. The third-order valence-corrected chi connectivity index (χ3v) is 2.55. The predicted octanol–water partition coefficient (Wildman–Crippen LogP) is 0.891. The molecule has 2 amide bonds. The van der Waals surface area contributed by atoms with E-state index in [1.54, 1.807) is 20.8 Å². The number of carbonyl (C=O) groups excluding carboxylic acids is 3. The topological polar surface area (TPSA) is 63.7 Å². The Morgan fingerprint density at radius 1 is 1.47 bits per heavy atom. The molecule has 0 bridgehead atoms. The van der Waals surface area contributed by atoms with Gasteiger partial charge in [0.25, 0.3) is 0 Å². The van der Waals surface area contributed by atoms with Gasteiger partial charge >= 0.3 is 5.97 Å². The zero-order valence-corrected chi connectivity index (χ0v) is 10.4. The minimum absolute atomic E-state index is 0.125. The summed E-state index contributed by atoms with van der Waals surface area (Å²) in [5.41, 5.74) is -0.630. The van der Waals surface area contributed by atoms with Gasteiger partial charge < -0.3 is 4.74 Å². The molecule has 0 radical (unpaired) electrons. The van der Waals surface area contributed by atoms with Crippen molar-refractivity contribution in [2.45, 2.75) is 27.2 Å². The molecule has 1 aliphatic rings. The quantitative estimate of drug-likeness (QED) is 0.415. The molecular weight excluding hydrogens is 222 g/mol. The first-order valence-electron chi connectivity index (χ1n) is 5.56. The molecule has 0 atom stereocenters. The first kappa shape index (κ1) is 13.4. The summed E-state index contributed by atoms with van der Waals surface area (Å²) in [4.78, 5) is 35.5. The fourth-order valence-electron chi connectivity index (χ4n) is 1.66. The predicted molar refractivity (Wildman–Crippen MR) is 60.9 cm³/mol. The first-order valence-corrected chi connectivity index (χ1v) is 5.56. The lowest BCUT2D eigenvalue weighted by Crippen LogP contribution is -2.33. The molecule has 0 aromatic rings. The summed E-state index contributed by atoms with van der Waals surface area (Å²) < 4.78 is 4.69. The summed E-state index contributed by atoms with van der Waals surface area (Å²) in [5.74, 6) is -0.865. The van der Waals surface area contributed by atoms with Gasteiger partial charge in [-0.25, -0.2) is 4.79 Å². The molecule has 0 N–H and O–H groups in total. The van der Waals surface area contributed by atoms with Gasteiger partial charge in [-0.3, -0.25) is 14.5 Å². The Bertz CT molecular complexity index is 371. The molecule has 0 saturated carbocycles. The second-order valence-corrected chi connectivity index (χ2v) is 4.52. The van der Waals surface area contributed by atoms with E-state index in [1.165, 1.54) is 12.2 Å². The third-order valence-electron chi connectivity index (χ3n) is 2.55. The smallest absolute Gasteiger partial charge is 0.330 e. The van der Waals surface area contributed by atoms with Gasteiger partial charge in [0.05, 0.1) is 12.0 Å². The van der Waals surface area contributed by atoms with Gasteiger partial charge in [-0.1, -0.05) is 19.9 Å². The molecule has 1 saturated heterocycles. The number of nitrogens with zero attached hydrogens (tertiary/aromatic N) is 1. The van der Waals surface area contributed by atoms with Crippen molar-refractivity contribution in [2.24, 2.45) is 5.41 Å². The zero-order valence-electron chi connectivity index (χ0n) is 10.4. The van der Waals surface area contributed by atoms with Crippen LogP contribution in [0.2, 0.25) is 0 Å². The molecule has 0 spiro atoms. The molecule has 94 valence electrons.